The van der Waals surface area contributed by atoms with Gasteiger partial charge < -0.3 is 10.1 Å². The lowest BCUT2D eigenvalue weighted by Gasteiger charge is -2.25. The average molecular weight is 346 g/mol. The molecular weight excluding hydrogens is 326 g/mol. The average Bonchev–Trinajstić information content (AvgIpc) is 2.38. The van der Waals surface area contributed by atoms with E-state index in [9.17, 15) is 0 Å². The molecule has 1 aromatic heterocycles. The molecule has 6 heteroatoms. The summed E-state index contributed by atoms with van der Waals surface area (Å²) in [6.07, 6.45) is 0.0000463. The second kappa shape index (κ2) is 5.97. The maximum Gasteiger partial charge on any atom is 0.160 e. The van der Waals surface area contributed by atoms with Crippen LogP contribution in [0, 0.1) is 0 Å². The third-order valence-corrected chi connectivity index (χ3v) is 4.66. The highest BCUT2D eigenvalue weighted by Crippen LogP contribution is 2.34. The summed E-state index contributed by atoms with van der Waals surface area (Å²) in [6, 6.07) is 0. The third-order valence-electron chi connectivity index (χ3n) is 2.92. The van der Waals surface area contributed by atoms with Gasteiger partial charge in [0.2, 0.25) is 0 Å². The SMILES string of the molecule is CNc1nc(C2CSCCO2)nc(C(C)(C)C)c1Br. The van der Waals surface area contributed by atoms with Crippen molar-refractivity contribution in [3.8, 4) is 0 Å². The lowest BCUT2D eigenvalue weighted by molar-refractivity contribution is 0.0692. The molecule has 1 unspecified atom stereocenters. The molecule has 1 aliphatic rings. The van der Waals surface area contributed by atoms with Gasteiger partial charge >= 0.3 is 0 Å². The summed E-state index contributed by atoms with van der Waals surface area (Å²) < 4.78 is 6.72. The first-order valence-corrected chi connectivity index (χ1v) is 8.33. The summed E-state index contributed by atoms with van der Waals surface area (Å²) in [7, 11) is 1.87. The van der Waals surface area contributed by atoms with E-state index in [4.69, 9.17) is 9.72 Å². The van der Waals surface area contributed by atoms with Gasteiger partial charge in [-0.2, -0.15) is 11.8 Å². The van der Waals surface area contributed by atoms with E-state index in [1.54, 1.807) is 0 Å². The molecule has 1 aliphatic heterocycles. The molecule has 1 atom stereocenters. The summed E-state index contributed by atoms with van der Waals surface area (Å²) in [5.74, 6) is 3.59. The zero-order valence-electron chi connectivity index (χ0n) is 11.8. The van der Waals surface area contributed by atoms with Crippen molar-refractivity contribution in [3.05, 3.63) is 16.0 Å². The normalized spacial score (nSPS) is 20.4. The number of anilines is 1. The number of aromatic nitrogens is 2. The van der Waals surface area contributed by atoms with Gasteiger partial charge in [0.15, 0.2) is 5.82 Å². The molecule has 1 saturated heterocycles. The Morgan fingerprint density at radius 1 is 1.37 bits per heavy atom. The maximum absolute atomic E-state index is 5.78. The molecule has 0 spiro atoms. The van der Waals surface area contributed by atoms with Crippen LogP contribution in [-0.2, 0) is 10.2 Å². The van der Waals surface area contributed by atoms with Crippen molar-refractivity contribution < 1.29 is 4.74 Å². The van der Waals surface area contributed by atoms with E-state index >= 15 is 0 Å². The van der Waals surface area contributed by atoms with Crippen LogP contribution in [0.3, 0.4) is 0 Å². The quantitative estimate of drug-likeness (QED) is 0.890. The summed E-state index contributed by atoms with van der Waals surface area (Å²) in [4.78, 5) is 9.32. The molecule has 0 bridgehead atoms. The zero-order valence-corrected chi connectivity index (χ0v) is 14.2. The summed E-state index contributed by atoms with van der Waals surface area (Å²) in [5.41, 5.74) is 0.977. The topological polar surface area (TPSA) is 47.0 Å². The van der Waals surface area contributed by atoms with Crippen LogP contribution in [0.25, 0.3) is 0 Å². The molecule has 1 fully saturated rings. The highest BCUT2D eigenvalue weighted by atomic mass is 79.9. The minimum absolute atomic E-state index is 0.0000463. The highest BCUT2D eigenvalue weighted by Gasteiger charge is 2.26. The molecule has 1 aromatic rings. The third kappa shape index (κ3) is 3.41. The fourth-order valence-electron chi connectivity index (χ4n) is 1.91. The number of nitrogens with one attached hydrogen (secondary N) is 1. The van der Waals surface area contributed by atoms with Gasteiger partial charge in [-0.25, -0.2) is 9.97 Å². The fraction of sp³-hybridized carbons (Fsp3) is 0.692. The zero-order chi connectivity index (χ0) is 14.0. The van der Waals surface area contributed by atoms with E-state index in [2.05, 4.69) is 47.0 Å². The van der Waals surface area contributed by atoms with Crippen LogP contribution in [0.15, 0.2) is 4.47 Å². The van der Waals surface area contributed by atoms with Crippen LogP contribution < -0.4 is 5.32 Å². The van der Waals surface area contributed by atoms with Crippen LogP contribution in [0.4, 0.5) is 5.82 Å². The Morgan fingerprint density at radius 3 is 2.63 bits per heavy atom. The minimum atomic E-state index is -0.0378. The largest absolute Gasteiger partial charge is 0.372 e. The lowest BCUT2D eigenvalue weighted by atomic mass is 9.92. The van der Waals surface area contributed by atoms with Crippen LogP contribution >= 0.6 is 27.7 Å². The van der Waals surface area contributed by atoms with E-state index < -0.39 is 0 Å². The summed E-state index contributed by atoms with van der Waals surface area (Å²) in [6.45, 7) is 7.23. The molecular formula is C13H20BrN3OS. The molecule has 4 nitrogen and oxygen atoms in total. The van der Waals surface area contributed by atoms with Gasteiger partial charge in [0.1, 0.15) is 11.9 Å². The van der Waals surface area contributed by atoms with E-state index in [0.29, 0.717) is 0 Å². The Kier molecular flexibility index (Phi) is 4.74. The fourth-order valence-corrected chi connectivity index (χ4v) is 3.72. The molecule has 1 N–H and O–H groups in total. The second-order valence-corrected chi connectivity index (χ2v) is 7.47. The Bertz CT molecular complexity index is 456. The first kappa shape index (κ1) is 15.1. The number of thioether (sulfide) groups is 1. The first-order chi connectivity index (χ1) is 8.93. The van der Waals surface area contributed by atoms with Crippen LogP contribution in [0.2, 0.25) is 0 Å². The molecule has 0 aromatic carbocycles. The predicted octanol–water partition coefficient (Wildman–Crippen LogP) is 3.38. The predicted molar refractivity (Wildman–Crippen MR) is 84.0 cm³/mol. The van der Waals surface area contributed by atoms with Crippen molar-refractivity contribution in [1.29, 1.82) is 0 Å². The van der Waals surface area contributed by atoms with E-state index in [1.807, 2.05) is 18.8 Å². The smallest absolute Gasteiger partial charge is 0.160 e. The molecule has 0 aliphatic carbocycles. The van der Waals surface area contributed by atoms with Gasteiger partial charge in [-0.05, 0) is 15.9 Å². The first-order valence-electron chi connectivity index (χ1n) is 6.38. The van der Waals surface area contributed by atoms with Crippen LogP contribution in [0.5, 0.6) is 0 Å². The van der Waals surface area contributed by atoms with Gasteiger partial charge in [0.25, 0.3) is 0 Å². The number of halogens is 1. The van der Waals surface area contributed by atoms with Gasteiger partial charge in [0.05, 0.1) is 16.8 Å². The van der Waals surface area contributed by atoms with Gasteiger partial charge in [-0.15, -0.1) is 0 Å². The lowest BCUT2D eigenvalue weighted by Crippen LogP contribution is -2.23. The van der Waals surface area contributed by atoms with Gasteiger partial charge in [-0.3, -0.25) is 0 Å². The van der Waals surface area contributed by atoms with Crippen molar-refractivity contribution in [1.82, 2.24) is 9.97 Å². The number of hydrogen-bond donors (Lipinski definition) is 1. The van der Waals surface area contributed by atoms with Gasteiger partial charge in [-0.1, -0.05) is 20.8 Å². The molecule has 0 saturated carbocycles. The molecule has 106 valence electrons. The standard InChI is InChI=1S/C13H20BrN3OS/c1-13(2,3)10-9(14)12(15-4)17-11(16-10)8-7-19-6-5-18-8/h8H,5-7H2,1-4H3,(H,15,16,17). The number of rotatable bonds is 2. The van der Waals surface area contributed by atoms with E-state index in [1.165, 1.54) is 0 Å². The maximum atomic E-state index is 5.78. The number of ether oxygens (including phenoxy) is 1. The van der Waals surface area contributed by atoms with Crippen LogP contribution in [-0.4, -0.2) is 35.1 Å². The molecule has 2 rings (SSSR count). The van der Waals surface area contributed by atoms with E-state index in [0.717, 1.165) is 39.9 Å². The highest BCUT2D eigenvalue weighted by molar-refractivity contribution is 9.10. The van der Waals surface area contributed by atoms with Gasteiger partial charge in [0, 0.05) is 24.0 Å². The molecule has 2 heterocycles. The Balaban J connectivity index is 2.44. The van der Waals surface area contributed by atoms with E-state index in [-0.39, 0.29) is 11.5 Å². The molecule has 0 radical (unpaired) electrons. The Labute approximate surface area is 127 Å². The van der Waals surface area contributed by atoms with Crippen molar-refractivity contribution in [2.75, 3.05) is 30.5 Å². The monoisotopic (exact) mass is 345 g/mol. The summed E-state index contributed by atoms with van der Waals surface area (Å²) >= 11 is 5.49. The van der Waals surface area contributed by atoms with Crippen molar-refractivity contribution in [2.45, 2.75) is 32.3 Å². The Hall–Kier alpha value is -0.330. The number of hydrogen-bond acceptors (Lipinski definition) is 5. The second-order valence-electron chi connectivity index (χ2n) is 5.53. The molecule has 19 heavy (non-hydrogen) atoms. The Morgan fingerprint density at radius 2 is 2.11 bits per heavy atom. The van der Waals surface area contributed by atoms with Crippen molar-refractivity contribution >= 4 is 33.5 Å². The molecule has 0 amide bonds. The van der Waals surface area contributed by atoms with Crippen molar-refractivity contribution in [3.63, 3.8) is 0 Å². The summed E-state index contributed by atoms with van der Waals surface area (Å²) in [5, 5.41) is 3.13. The minimum Gasteiger partial charge on any atom is -0.372 e. The number of nitrogens with zero attached hydrogens (tertiary/aromatic N) is 2. The van der Waals surface area contributed by atoms with Crippen LogP contribution in [0.1, 0.15) is 38.4 Å². The van der Waals surface area contributed by atoms with Crippen molar-refractivity contribution in [2.24, 2.45) is 0 Å².